The number of methoxy groups -OCH3 is 1. The number of hydrogen-bond donors (Lipinski definition) is 2. The molecule has 0 aliphatic carbocycles. The second kappa shape index (κ2) is 13.1. The largest absolute Gasteiger partial charge is 0.497 e. The Kier molecular flexibility index (Phi) is 8.92. The van der Waals surface area contributed by atoms with Gasteiger partial charge in [-0.15, -0.1) is 0 Å². The molecule has 0 saturated heterocycles. The average molecular weight is 530 g/mol. The standard InChI is InChI=1S/C36H35NO3/c1-40-36-22-14-28(15-23-36)3-2-27-4-6-29(7-5-27)24-30-8-16-33(17-9-30)37(34-18-10-31(25-38)11-19-34)35-20-12-32(26-39)13-21-35/h4-23,38-39H,2-3,24-26H2,1H3. The van der Waals surface area contributed by atoms with E-state index >= 15 is 0 Å². The zero-order chi connectivity index (χ0) is 27.7. The van der Waals surface area contributed by atoms with Crippen molar-refractivity contribution in [3.05, 3.63) is 155 Å². The van der Waals surface area contributed by atoms with Gasteiger partial charge in [0.2, 0.25) is 0 Å². The van der Waals surface area contributed by atoms with Crippen molar-refractivity contribution in [2.45, 2.75) is 32.5 Å². The number of hydrogen-bond acceptors (Lipinski definition) is 4. The van der Waals surface area contributed by atoms with Crippen molar-refractivity contribution in [2.75, 3.05) is 12.0 Å². The lowest BCUT2D eigenvalue weighted by Gasteiger charge is -2.26. The molecule has 0 heterocycles. The first-order valence-corrected chi connectivity index (χ1v) is 13.6. The van der Waals surface area contributed by atoms with E-state index in [1.165, 1.54) is 22.3 Å². The fourth-order valence-electron chi connectivity index (χ4n) is 4.85. The number of rotatable bonds is 11. The second-order valence-corrected chi connectivity index (χ2v) is 9.99. The molecule has 5 aromatic rings. The summed E-state index contributed by atoms with van der Waals surface area (Å²) in [4.78, 5) is 2.18. The molecule has 4 nitrogen and oxygen atoms in total. The van der Waals surface area contributed by atoms with Gasteiger partial charge >= 0.3 is 0 Å². The van der Waals surface area contributed by atoms with Crippen LogP contribution in [0.3, 0.4) is 0 Å². The van der Waals surface area contributed by atoms with E-state index in [1.54, 1.807) is 7.11 Å². The van der Waals surface area contributed by atoms with Crippen LogP contribution in [0, 0.1) is 0 Å². The fraction of sp³-hybridized carbons (Fsp3) is 0.167. The van der Waals surface area contributed by atoms with Crippen LogP contribution in [0.15, 0.2) is 121 Å². The van der Waals surface area contributed by atoms with Crippen molar-refractivity contribution in [3.63, 3.8) is 0 Å². The van der Waals surface area contributed by atoms with Crippen LogP contribution < -0.4 is 9.64 Å². The molecule has 0 spiro atoms. The number of anilines is 3. The highest BCUT2D eigenvalue weighted by atomic mass is 16.5. The van der Waals surface area contributed by atoms with E-state index in [-0.39, 0.29) is 13.2 Å². The molecule has 2 N–H and O–H groups in total. The molecule has 0 aliphatic heterocycles. The maximum absolute atomic E-state index is 9.47. The van der Waals surface area contributed by atoms with Gasteiger partial charge in [0, 0.05) is 17.1 Å². The van der Waals surface area contributed by atoms with E-state index in [0.29, 0.717) is 0 Å². The summed E-state index contributed by atoms with van der Waals surface area (Å²) in [6, 6.07) is 41.8. The fourth-order valence-corrected chi connectivity index (χ4v) is 4.85. The van der Waals surface area contributed by atoms with E-state index < -0.39 is 0 Å². The van der Waals surface area contributed by atoms with Gasteiger partial charge in [-0.05, 0) is 101 Å². The van der Waals surface area contributed by atoms with E-state index in [4.69, 9.17) is 4.74 Å². The number of aryl methyl sites for hydroxylation is 2. The lowest BCUT2D eigenvalue weighted by atomic mass is 10.00. The molecular formula is C36H35NO3. The van der Waals surface area contributed by atoms with E-state index in [1.807, 2.05) is 60.7 Å². The predicted molar refractivity (Wildman–Crippen MR) is 163 cm³/mol. The minimum atomic E-state index is 0.0177. The minimum absolute atomic E-state index is 0.0177. The molecule has 0 atom stereocenters. The molecule has 40 heavy (non-hydrogen) atoms. The quantitative estimate of drug-likeness (QED) is 0.186. The van der Waals surface area contributed by atoms with E-state index in [2.05, 4.69) is 65.6 Å². The van der Waals surface area contributed by atoms with Gasteiger partial charge < -0.3 is 19.8 Å². The maximum Gasteiger partial charge on any atom is 0.118 e. The lowest BCUT2D eigenvalue weighted by Crippen LogP contribution is -2.10. The van der Waals surface area contributed by atoms with Crippen molar-refractivity contribution in [1.82, 2.24) is 0 Å². The van der Waals surface area contributed by atoms with Gasteiger partial charge in [0.25, 0.3) is 0 Å². The SMILES string of the molecule is COc1ccc(CCc2ccc(Cc3ccc(N(c4ccc(CO)cc4)c4ccc(CO)cc4)cc3)cc2)cc1. The number of ether oxygens (including phenoxy) is 1. The zero-order valence-corrected chi connectivity index (χ0v) is 22.8. The molecule has 5 rings (SSSR count). The zero-order valence-electron chi connectivity index (χ0n) is 22.8. The van der Waals surface area contributed by atoms with Crippen LogP contribution in [-0.4, -0.2) is 17.3 Å². The van der Waals surface area contributed by atoms with Crippen LogP contribution >= 0.6 is 0 Å². The Labute approximate surface area is 236 Å². The second-order valence-electron chi connectivity index (χ2n) is 9.99. The molecule has 0 bridgehead atoms. The molecule has 0 aliphatic rings. The normalized spacial score (nSPS) is 10.9. The van der Waals surface area contributed by atoms with Crippen LogP contribution in [-0.2, 0) is 32.5 Å². The van der Waals surface area contributed by atoms with Crippen LogP contribution in [0.4, 0.5) is 17.1 Å². The highest BCUT2D eigenvalue weighted by molar-refractivity contribution is 5.76. The van der Waals surface area contributed by atoms with E-state index in [9.17, 15) is 10.2 Å². The Morgan fingerprint density at radius 1 is 0.450 bits per heavy atom. The molecule has 0 unspecified atom stereocenters. The van der Waals surface area contributed by atoms with E-state index in [0.717, 1.165) is 53.2 Å². The third-order valence-electron chi connectivity index (χ3n) is 7.24. The first-order valence-electron chi connectivity index (χ1n) is 13.6. The molecule has 5 aromatic carbocycles. The number of benzene rings is 5. The van der Waals surface area contributed by atoms with Crippen LogP contribution in [0.2, 0.25) is 0 Å². The summed E-state index contributed by atoms with van der Waals surface area (Å²) in [6.07, 6.45) is 2.89. The average Bonchev–Trinajstić information content (AvgIpc) is 3.02. The summed E-state index contributed by atoms with van der Waals surface area (Å²) in [5.74, 6) is 0.891. The Morgan fingerprint density at radius 2 is 0.775 bits per heavy atom. The van der Waals surface area contributed by atoms with Crippen molar-refractivity contribution in [2.24, 2.45) is 0 Å². The van der Waals surface area contributed by atoms with Gasteiger partial charge in [-0.3, -0.25) is 0 Å². The van der Waals surface area contributed by atoms with Crippen LogP contribution in [0.25, 0.3) is 0 Å². The van der Waals surface area contributed by atoms with Gasteiger partial charge in [-0.2, -0.15) is 0 Å². The van der Waals surface area contributed by atoms with Gasteiger partial charge in [-0.1, -0.05) is 72.8 Å². The third-order valence-corrected chi connectivity index (χ3v) is 7.24. The summed E-state index contributed by atoms with van der Waals surface area (Å²) in [5, 5.41) is 18.9. The predicted octanol–water partition coefficient (Wildman–Crippen LogP) is 7.53. The molecule has 0 amide bonds. The maximum atomic E-state index is 9.47. The van der Waals surface area contributed by atoms with Crippen molar-refractivity contribution in [1.29, 1.82) is 0 Å². The van der Waals surface area contributed by atoms with Crippen molar-refractivity contribution < 1.29 is 14.9 Å². The van der Waals surface area contributed by atoms with Crippen LogP contribution in [0.1, 0.15) is 33.4 Å². The van der Waals surface area contributed by atoms with Crippen molar-refractivity contribution >= 4 is 17.1 Å². The van der Waals surface area contributed by atoms with Gasteiger partial charge in [0.15, 0.2) is 0 Å². The molecule has 202 valence electrons. The molecule has 4 heteroatoms. The van der Waals surface area contributed by atoms with Crippen molar-refractivity contribution in [3.8, 4) is 5.75 Å². The van der Waals surface area contributed by atoms with Gasteiger partial charge in [0.05, 0.1) is 20.3 Å². The smallest absolute Gasteiger partial charge is 0.118 e. The molecule has 0 saturated carbocycles. The van der Waals surface area contributed by atoms with Gasteiger partial charge in [-0.25, -0.2) is 0 Å². The lowest BCUT2D eigenvalue weighted by molar-refractivity contribution is 0.281. The van der Waals surface area contributed by atoms with Crippen LogP contribution in [0.5, 0.6) is 5.75 Å². The topological polar surface area (TPSA) is 52.9 Å². The summed E-state index contributed by atoms with van der Waals surface area (Å²) in [5.41, 5.74) is 10.0. The number of aliphatic hydroxyl groups excluding tert-OH is 2. The third kappa shape index (κ3) is 6.78. The minimum Gasteiger partial charge on any atom is -0.497 e. The Hall–Kier alpha value is -4.38. The summed E-state index contributed by atoms with van der Waals surface area (Å²) < 4.78 is 5.25. The number of aliphatic hydroxyl groups is 2. The molecule has 0 fully saturated rings. The first-order chi connectivity index (χ1) is 19.6. The molecule has 0 aromatic heterocycles. The Morgan fingerprint density at radius 3 is 1.15 bits per heavy atom. The summed E-state index contributed by atoms with van der Waals surface area (Å²) in [6.45, 7) is 0.0354. The number of nitrogens with zero attached hydrogens (tertiary/aromatic N) is 1. The van der Waals surface area contributed by atoms with Gasteiger partial charge in [0.1, 0.15) is 5.75 Å². The molecular weight excluding hydrogens is 494 g/mol. The monoisotopic (exact) mass is 529 g/mol. The summed E-state index contributed by atoms with van der Waals surface area (Å²) in [7, 11) is 1.69. The first kappa shape index (κ1) is 27.2. The summed E-state index contributed by atoms with van der Waals surface area (Å²) >= 11 is 0. The Balaban J connectivity index is 1.28. The highest BCUT2D eigenvalue weighted by Crippen LogP contribution is 2.35. The Bertz CT molecular complexity index is 1430. The molecule has 0 radical (unpaired) electrons. The highest BCUT2D eigenvalue weighted by Gasteiger charge is 2.13.